The van der Waals surface area contributed by atoms with Gasteiger partial charge in [-0.05, 0) is 50.5 Å². The highest BCUT2D eigenvalue weighted by Gasteiger charge is 2.34. The highest BCUT2D eigenvalue weighted by molar-refractivity contribution is 7.17. The van der Waals surface area contributed by atoms with Crippen LogP contribution in [0, 0.1) is 0 Å². The van der Waals surface area contributed by atoms with Gasteiger partial charge in [0.1, 0.15) is 5.00 Å². The lowest BCUT2D eigenvalue weighted by Crippen LogP contribution is -2.40. The number of carbonyl (C=O) groups excluding carboxylic acids is 1. The minimum Gasteiger partial charge on any atom is -0.450 e. The van der Waals surface area contributed by atoms with E-state index in [1.807, 2.05) is 0 Å². The summed E-state index contributed by atoms with van der Waals surface area (Å²) < 4.78 is 10.5. The van der Waals surface area contributed by atoms with Crippen LogP contribution < -0.4 is 5.32 Å². The number of thiophene rings is 1. The van der Waals surface area contributed by atoms with Gasteiger partial charge in [-0.15, -0.1) is 11.3 Å². The average Bonchev–Trinajstić information content (AvgIpc) is 3.21. The van der Waals surface area contributed by atoms with Gasteiger partial charge in [0.15, 0.2) is 12.1 Å². The van der Waals surface area contributed by atoms with E-state index in [4.69, 9.17) is 14.4 Å². The molecule has 9 nitrogen and oxygen atoms in total. The predicted octanol–water partition coefficient (Wildman–Crippen LogP) is 4.59. The van der Waals surface area contributed by atoms with E-state index >= 15 is 0 Å². The zero-order valence-corrected chi connectivity index (χ0v) is 17.4. The van der Waals surface area contributed by atoms with Crippen LogP contribution in [0.2, 0.25) is 0 Å². The number of fused-ring (bicyclic) bond motifs is 1. The smallest absolute Gasteiger partial charge is 0.450 e. The number of rotatable bonds is 4. The van der Waals surface area contributed by atoms with Gasteiger partial charge in [0.25, 0.3) is 5.89 Å². The number of aromatic nitrogens is 2. The molecule has 2 aliphatic carbocycles. The van der Waals surface area contributed by atoms with Gasteiger partial charge >= 0.3 is 12.2 Å². The molecule has 160 valence electrons. The SMILES string of the molecule is O=C(O)O[C@@H]1CCCN1C(=O)Nc1sc2c(c1-c1nc(C3CC3)no1)CCCCC2. The summed E-state index contributed by atoms with van der Waals surface area (Å²) in [5.41, 5.74) is 2.03. The first kappa shape index (κ1) is 19.3. The fourth-order valence-electron chi connectivity index (χ4n) is 4.28. The molecule has 2 N–H and O–H groups in total. The van der Waals surface area contributed by atoms with Gasteiger partial charge in [-0.3, -0.25) is 10.2 Å². The lowest BCUT2D eigenvalue weighted by atomic mass is 10.1. The van der Waals surface area contributed by atoms with E-state index in [0.717, 1.165) is 49.9 Å². The number of amides is 2. The first-order valence-electron chi connectivity index (χ1n) is 10.6. The topological polar surface area (TPSA) is 118 Å². The molecule has 0 aromatic carbocycles. The lowest BCUT2D eigenvalue weighted by Gasteiger charge is -2.23. The van der Waals surface area contributed by atoms with Crippen LogP contribution in [0.1, 0.15) is 67.1 Å². The molecule has 10 heteroatoms. The number of nitrogens with one attached hydrogen (secondary N) is 1. The molecule has 1 saturated carbocycles. The number of urea groups is 1. The molecule has 3 aliphatic rings. The molecule has 0 spiro atoms. The molecule has 1 aliphatic heterocycles. The summed E-state index contributed by atoms with van der Waals surface area (Å²) >= 11 is 1.56. The van der Waals surface area contributed by atoms with Crippen molar-refractivity contribution in [1.29, 1.82) is 0 Å². The van der Waals surface area contributed by atoms with Gasteiger partial charge in [0.05, 0.1) is 5.56 Å². The Balaban J connectivity index is 1.45. The van der Waals surface area contributed by atoms with Crippen molar-refractivity contribution in [3.05, 3.63) is 16.3 Å². The number of carbonyl (C=O) groups is 2. The van der Waals surface area contributed by atoms with Crippen LogP contribution >= 0.6 is 11.3 Å². The summed E-state index contributed by atoms with van der Waals surface area (Å²) in [6.07, 6.45) is 6.54. The summed E-state index contributed by atoms with van der Waals surface area (Å²) in [6.45, 7) is 0.455. The number of nitrogens with zero attached hydrogens (tertiary/aromatic N) is 3. The molecule has 3 heterocycles. The summed E-state index contributed by atoms with van der Waals surface area (Å²) in [5.74, 6) is 1.59. The fraction of sp³-hybridized carbons (Fsp3) is 0.600. The van der Waals surface area contributed by atoms with Crippen molar-refractivity contribution < 1.29 is 24.0 Å². The standard InChI is InChI=1S/C20H24N4O5S/c25-19(24-10-4-7-14(24)28-20(26)27)22-18-15(12-5-2-1-3-6-13(12)30-18)17-21-16(23-29-17)11-8-9-11/h11,14H,1-10H2,(H,22,25)(H,26,27)/t14-/m1/s1. The van der Waals surface area contributed by atoms with Crippen LogP contribution in [-0.4, -0.2) is 45.1 Å². The Bertz CT molecular complexity index is 967. The summed E-state index contributed by atoms with van der Waals surface area (Å²) in [4.78, 5) is 31.2. The van der Waals surface area contributed by atoms with Crippen molar-refractivity contribution in [2.75, 3.05) is 11.9 Å². The molecule has 0 radical (unpaired) electrons. The molecular weight excluding hydrogens is 408 g/mol. The normalized spacial score (nSPS) is 21.2. The van der Waals surface area contributed by atoms with Crippen LogP contribution in [0.3, 0.4) is 0 Å². The minimum absolute atomic E-state index is 0.363. The third-order valence-electron chi connectivity index (χ3n) is 5.94. The Hall–Kier alpha value is -2.62. The highest BCUT2D eigenvalue weighted by Crippen LogP contribution is 2.45. The van der Waals surface area contributed by atoms with E-state index in [1.54, 1.807) is 11.3 Å². The molecule has 2 aromatic rings. The van der Waals surface area contributed by atoms with Crippen LogP contribution in [0.25, 0.3) is 11.5 Å². The summed E-state index contributed by atoms with van der Waals surface area (Å²) in [7, 11) is 0. The van der Waals surface area contributed by atoms with Gasteiger partial charge in [0.2, 0.25) is 0 Å². The molecule has 2 amide bonds. The molecule has 0 unspecified atom stereocenters. The maximum Gasteiger partial charge on any atom is 0.507 e. The van der Waals surface area contributed by atoms with E-state index in [9.17, 15) is 9.59 Å². The summed E-state index contributed by atoms with van der Waals surface area (Å²) in [5, 5.41) is 16.8. The minimum atomic E-state index is -1.37. The van der Waals surface area contributed by atoms with Gasteiger partial charge in [-0.25, -0.2) is 9.59 Å². The van der Waals surface area contributed by atoms with Crippen LogP contribution in [0.5, 0.6) is 0 Å². The van der Waals surface area contributed by atoms with Crippen molar-refractivity contribution in [2.24, 2.45) is 0 Å². The van der Waals surface area contributed by atoms with Gasteiger partial charge in [0, 0.05) is 23.8 Å². The third-order valence-corrected chi connectivity index (χ3v) is 7.14. The van der Waals surface area contributed by atoms with Crippen LogP contribution in [0.15, 0.2) is 4.52 Å². The van der Waals surface area contributed by atoms with E-state index < -0.39 is 12.4 Å². The molecule has 5 rings (SSSR count). The number of carboxylic acid groups (broad SMARTS) is 1. The Kier molecular flexibility index (Phi) is 5.10. The summed E-state index contributed by atoms with van der Waals surface area (Å²) in [6, 6.07) is -0.363. The van der Waals surface area contributed by atoms with Crippen molar-refractivity contribution in [3.63, 3.8) is 0 Å². The average molecular weight is 433 g/mol. The second kappa shape index (κ2) is 7.90. The zero-order chi connectivity index (χ0) is 20.7. The van der Waals surface area contributed by atoms with E-state index in [-0.39, 0.29) is 6.03 Å². The number of anilines is 1. The van der Waals surface area contributed by atoms with Crippen LogP contribution in [-0.2, 0) is 17.6 Å². The molecule has 2 fully saturated rings. The number of hydrogen-bond acceptors (Lipinski definition) is 7. The van der Waals surface area contributed by atoms with Gasteiger partial charge in [-0.2, -0.15) is 4.98 Å². The van der Waals surface area contributed by atoms with E-state index in [0.29, 0.717) is 36.2 Å². The van der Waals surface area contributed by atoms with E-state index in [1.165, 1.54) is 21.8 Å². The maximum absolute atomic E-state index is 13.0. The number of aryl methyl sites for hydroxylation is 1. The molecule has 0 bridgehead atoms. The quantitative estimate of drug-likeness (QED) is 0.536. The zero-order valence-electron chi connectivity index (χ0n) is 16.6. The van der Waals surface area contributed by atoms with Gasteiger partial charge in [-0.1, -0.05) is 11.6 Å². The van der Waals surface area contributed by atoms with Gasteiger partial charge < -0.3 is 14.4 Å². The van der Waals surface area contributed by atoms with Crippen molar-refractivity contribution >= 4 is 28.5 Å². The Morgan fingerprint density at radius 1 is 1.17 bits per heavy atom. The molecule has 30 heavy (non-hydrogen) atoms. The number of hydrogen-bond donors (Lipinski definition) is 2. The van der Waals surface area contributed by atoms with Crippen molar-refractivity contribution in [2.45, 2.75) is 69.9 Å². The Morgan fingerprint density at radius 3 is 2.80 bits per heavy atom. The van der Waals surface area contributed by atoms with Crippen molar-refractivity contribution in [3.8, 4) is 11.5 Å². The van der Waals surface area contributed by atoms with Crippen molar-refractivity contribution in [1.82, 2.24) is 15.0 Å². The molecule has 1 saturated heterocycles. The lowest BCUT2D eigenvalue weighted by molar-refractivity contribution is 0.00507. The number of ether oxygens (including phenoxy) is 1. The van der Waals surface area contributed by atoms with E-state index in [2.05, 4.69) is 15.5 Å². The monoisotopic (exact) mass is 432 g/mol. The Morgan fingerprint density at radius 2 is 2.00 bits per heavy atom. The molecular formula is C20H24N4O5S. The first-order valence-corrected chi connectivity index (χ1v) is 11.4. The second-order valence-electron chi connectivity index (χ2n) is 8.10. The highest BCUT2D eigenvalue weighted by atomic mass is 32.1. The maximum atomic E-state index is 13.0. The second-order valence-corrected chi connectivity index (χ2v) is 9.21. The predicted molar refractivity (Wildman–Crippen MR) is 109 cm³/mol. The third kappa shape index (κ3) is 3.76. The number of likely N-dealkylation sites (tertiary alicyclic amines) is 1. The molecule has 1 atom stereocenters. The first-order chi connectivity index (χ1) is 14.6. The Labute approximate surface area is 177 Å². The fourth-order valence-corrected chi connectivity index (χ4v) is 5.55. The molecule has 2 aromatic heterocycles. The van der Waals surface area contributed by atoms with Crippen LogP contribution in [0.4, 0.5) is 14.6 Å². The largest absolute Gasteiger partial charge is 0.507 e.